The van der Waals surface area contributed by atoms with Crippen molar-refractivity contribution >= 4 is 23.5 Å². The third kappa shape index (κ3) is 20.4. The molecule has 0 rings (SSSR count). The first-order chi connectivity index (χ1) is 5.97. The first-order valence-electron chi connectivity index (χ1n) is 2.60. The van der Waals surface area contributed by atoms with Crippen LogP contribution in [0.1, 0.15) is 0 Å². The number of hydrogen-bond acceptors (Lipinski definition) is 10. The summed E-state index contributed by atoms with van der Waals surface area (Å²) < 4.78 is 40.0. The van der Waals surface area contributed by atoms with Gasteiger partial charge in [-0.1, -0.05) is 0 Å². The van der Waals surface area contributed by atoms with Gasteiger partial charge in [0.2, 0.25) is 0 Å². The summed E-state index contributed by atoms with van der Waals surface area (Å²) in [5, 5.41) is 0. The van der Waals surface area contributed by atoms with Gasteiger partial charge in [-0.3, -0.25) is 13.4 Å². The fraction of sp³-hybridized carbons (Fsp3) is 1.00. The zero-order valence-corrected chi connectivity index (χ0v) is 21.1. The van der Waals surface area contributed by atoms with E-state index in [2.05, 4.69) is 13.1 Å². The standard InChI is InChI=1S/CH7O10P3.4Na/c1-9-13(5,6)11-14(7,8)10-12(2,3)4;;;;/h1H3,(H,5,6)(H,7,8)(H2,2,3,4);;;;/q;4*+1/p-4. The average molecular weight is 360 g/mol. The molecule has 0 N–H and O–H groups in total. The van der Waals surface area contributed by atoms with E-state index in [4.69, 9.17) is 0 Å². The van der Waals surface area contributed by atoms with Crippen molar-refractivity contribution in [2.24, 2.45) is 0 Å². The fourth-order valence-electron chi connectivity index (χ4n) is 0.293. The molecule has 0 amide bonds. The van der Waals surface area contributed by atoms with Gasteiger partial charge in [0.05, 0.1) is 7.82 Å². The van der Waals surface area contributed by atoms with E-state index in [0.29, 0.717) is 7.11 Å². The van der Waals surface area contributed by atoms with Crippen molar-refractivity contribution in [3.63, 3.8) is 0 Å². The van der Waals surface area contributed by atoms with Gasteiger partial charge in [-0.2, -0.15) is 0 Å². The van der Waals surface area contributed by atoms with E-state index in [0.717, 1.165) is 0 Å². The Bertz CT molecular complexity index is 338. The van der Waals surface area contributed by atoms with Gasteiger partial charge in [-0.05, 0) is 0 Å². The topological polar surface area (TPSA) is 171 Å². The molecular weight excluding hydrogens is 357 g/mol. The average Bonchev–Trinajstić information content (AvgIpc) is 1.78. The molecule has 0 saturated carbocycles. The zero-order valence-electron chi connectivity index (χ0n) is 10.4. The van der Waals surface area contributed by atoms with Crippen molar-refractivity contribution < 1.29 is 165 Å². The van der Waals surface area contributed by atoms with Crippen molar-refractivity contribution in [2.75, 3.05) is 7.11 Å². The number of phosphoric acid groups is 3. The molecule has 0 aromatic rings. The monoisotopic (exact) mass is 360 g/mol. The summed E-state index contributed by atoms with van der Waals surface area (Å²) in [6, 6.07) is 0. The van der Waals surface area contributed by atoms with E-state index in [1.807, 2.05) is 0 Å². The summed E-state index contributed by atoms with van der Waals surface area (Å²) in [7, 11) is -16.4. The molecule has 2 atom stereocenters. The molecule has 0 aliphatic carbocycles. The maximum Gasteiger partial charge on any atom is 1.00 e. The molecule has 18 heavy (non-hydrogen) atoms. The molecule has 0 aliphatic rings. The quantitative estimate of drug-likeness (QED) is 0.339. The van der Waals surface area contributed by atoms with Crippen LogP contribution >= 0.6 is 23.5 Å². The van der Waals surface area contributed by atoms with E-state index >= 15 is 0 Å². The van der Waals surface area contributed by atoms with Gasteiger partial charge in [0.1, 0.15) is 0 Å². The molecule has 0 radical (unpaired) electrons. The summed E-state index contributed by atoms with van der Waals surface area (Å²) in [6.07, 6.45) is 0. The Balaban J connectivity index is -0.000000141. The summed E-state index contributed by atoms with van der Waals surface area (Å²) in [4.78, 5) is 40.3. The third-order valence-corrected chi connectivity index (χ3v) is 4.27. The maximum atomic E-state index is 10.4. The summed E-state index contributed by atoms with van der Waals surface area (Å²) in [5.74, 6) is 0. The van der Waals surface area contributed by atoms with Gasteiger partial charge in [0.25, 0.3) is 15.6 Å². The maximum absolute atomic E-state index is 10.4. The third-order valence-electron chi connectivity index (χ3n) is 0.624. The molecule has 0 heterocycles. The summed E-state index contributed by atoms with van der Waals surface area (Å²) in [6.45, 7) is 0. The molecule has 0 spiro atoms. The first kappa shape index (κ1) is 33.9. The number of phosphoric ester groups is 1. The molecule has 0 aromatic heterocycles. The van der Waals surface area contributed by atoms with Crippen molar-refractivity contribution in [3.8, 4) is 0 Å². The Labute approximate surface area is 192 Å². The Morgan fingerprint density at radius 2 is 1.06 bits per heavy atom. The van der Waals surface area contributed by atoms with E-state index < -0.39 is 23.5 Å². The molecule has 0 aromatic carbocycles. The van der Waals surface area contributed by atoms with Gasteiger partial charge >= 0.3 is 118 Å². The first-order valence-corrected chi connectivity index (χ1v) is 6.98. The van der Waals surface area contributed by atoms with Gasteiger partial charge < -0.3 is 28.7 Å². The zero-order chi connectivity index (χ0) is 11.6. The van der Waals surface area contributed by atoms with Crippen LogP contribution in [-0.2, 0) is 26.8 Å². The molecular formula is CH3Na4O10P3. The van der Waals surface area contributed by atoms with Crippen LogP contribution in [0.25, 0.3) is 0 Å². The Hall–Kier alpha value is 4.41. The van der Waals surface area contributed by atoms with Gasteiger partial charge in [-0.25, -0.2) is 4.31 Å². The summed E-state index contributed by atoms with van der Waals surface area (Å²) in [5.41, 5.74) is 0. The second kappa shape index (κ2) is 13.8. The molecule has 0 bridgehead atoms. The molecule has 0 fully saturated rings. The second-order valence-electron chi connectivity index (χ2n) is 1.69. The normalized spacial score (nSPS) is 16.5. The fourth-order valence-corrected chi connectivity index (χ4v) is 2.91. The molecule has 86 valence electrons. The minimum Gasteiger partial charge on any atom is -0.790 e. The smallest absolute Gasteiger partial charge is 0.790 e. The van der Waals surface area contributed by atoms with Crippen LogP contribution in [0.2, 0.25) is 0 Å². The Kier molecular flexibility index (Phi) is 26.0. The van der Waals surface area contributed by atoms with Crippen LogP contribution < -0.4 is 138 Å². The SMILES string of the molecule is COP(=O)([O-])OP(=O)([O-])OP(=O)([O-])[O-].[Na+].[Na+].[Na+].[Na+]. The van der Waals surface area contributed by atoms with Gasteiger partial charge in [0.15, 0.2) is 0 Å². The number of rotatable bonds is 5. The van der Waals surface area contributed by atoms with Crippen molar-refractivity contribution in [1.82, 2.24) is 0 Å². The molecule has 0 aliphatic heterocycles. The second-order valence-corrected chi connectivity index (χ2v) is 6.04. The minimum atomic E-state index is -5.90. The minimum absolute atomic E-state index is 0. The van der Waals surface area contributed by atoms with Crippen LogP contribution in [0.4, 0.5) is 0 Å². The Morgan fingerprint density at radius 1 is 0.722 bits per heavy atom. The predicted octanol–water partition coefficient (Wildman–Crippen LogP) is -14.6. The van der Waals surface area contributed by atoms with E-state index in [9.17, 15) is 33.3 Å². The van der Waals surface area contributed by atoms with Crippen LogP contribution in [0.3, 0.4) is 0 Å². The van der Waals surface area contributed by atoms with Crippen molar-refractivity contribution in [3.05, 3.63) is 0 Å². The van der Waals surface area contributed by atoms with Gasteiger partial charge in [-0.15, -0.1) is 0 Å². The Morgan fingerprint density at radius 3 is 1.28 bits per heavy atom. The van der Waals surface area contributed by atoms with Crippen LogP contribution in [-0.4, -0.2) is 7.11 Å². The van der Waals surface area contributed by atoms with Gasteiger partial charge in [0, 0.05) is 7.11 Å². The van der Waals surface area contributed by atoms with Crippen LogP contribution in [0, 0.1) is 0 Å². The summed E-state index contributed by atoms with van der Waals surface area (Å²) >= 11 is 0. The largest absolute Gasteiger partial charge is 1.00 e. The van der Waals surface area contributed by atoms with E-state index in [1.54, 1.807) is 0 Å². The van der Waals surface area contributed by atoms with Crippen LogP contribution in [0.5, 0.6) is 0 Å². The molecule has 10 nitrogen and oxygen atoms in total. The molecule has 2 unspecified atom stereocenters. The van der Waals surface area contributed by atoms with E-state index in [-0.39, 0.29) is 118 Å². The van der Waals surface area contributed by atoms with E-state index in [1.165, 1.54) is 0 Å². The molecule has 0 saturated heterocycles. The number of hydrogen-bond donors (Lipinski definition) is 0. The van der Waals surface area contributed by atoms with Crippen LogP contribution in [0.15, 0.2) is 0 Å². The predicted molar refractivity (Wildman–Crippen MR) is 32.0 cm³/mol. The molecule has 17 heteroatoms. The van der Waals surface area contributed by atoms with Crippen molar-refractivity contribution in [2.45, 2.75) is 0 Å². The van der Waals surface area contributed by atoms with Crippen molar-refractivity contribution in [1.29, 1.82) is 0 Å².